The van der Waals surface area contributed by atoms with Gasteiger partial charge in [-0.25, -0.2) is 0 Å². The summed E-state index contributed by atoms with van der Waals surface area (Å²) in [5.41, 5.74) is 8.64. The molecule has 0 saturated heterocycles. The van der Waals surface area contributed by atoms with Crippen molar-refractivity contribution in [2.45, 2.75) is 6.61 Å². The van der Waals surface area contributed by atoms with Crippen molar-refractivity contribution in [2.24, 2.45) is 0 Å². The Kier molecular flexibility index (Phi) is 4.77. The number of rotatable bonds is 5. The van der Waals surface area contributed by atoms with Crippen molar-refractivity contribution in [1.29, 1.82) is 0 Å². The van der Waals surface area contributed by atoms with Crippen LogP contribution in [0.4, 0.5) is 11.4 Å². The van der Waals surface area contributed by atoms with E-state index in [9.17, 15) is 4.79 Å². The first-order chi connectivity index (χ1) is 11.7. The molecule has 3 aromatic carbocycles. The second-order valence-electron chi connectivity index (χ2n) is 5.37. The van der Waals surface area contributed by atoms with Gasteiger partial charge in [0.2, 0.25) is 0 Å². The number of benzene rings is 3. The fraction of sp³-hybridized carbons (Fsp3) is 0.0500. The quantitative estimate of drug-likeness (QED) is 0.696. The highest BCUT2D eigenvalue weighted by atomic mass is 16.5. The Hall–Kier alpha value is -3.27. The zero-order chi connectivity index (χ0) is 16.8. The van der Waals surface area contributed by atoms with Gasteiger partial charge in [-0.1, -0.05) is 30.3 Å². The van der Waals surface area contributed by atoms with Crippen molar-refractivity contribution < 1.29 is 9.53 Å². The molecule has 0 radical (unpaired) electrons. The molecule has 1 amide bonds. The number of hydrogen-bond acceptors (Lipinski definition) is 3. The van der Waals surface area contributed by atoms with Gasteiger partial charge < -0.3 is 15.8 Å². The molecule has 0 aliphatic rings. The summed E-state index contributed by atoms with van der Waals surface area (Å²) in [6.07, 6.45) is 0. The van der Waals surface area contributed by atoms with Gasteiger partial charge in [-0.3, -0.25) is 4.79 Å². The number of amides is 1. The average Bonchev–Trinajstić information content (AvgIpc) is 2.62. The Morgan fingerprint density at radius 1 is 0.875 bits per heavy atom. The minimum absolute atomic E-state index is 0.173. The molecule has 0 unspecified atom stereocenters. The van der Waals surface area contributed by atoms with Crippen molar-refractivity contribution in [2.75, 3.05) is 11.1 Å². The molecular weight excluding hydrogens is 300 g/mol. The second kappa shape index (κ2) is 7.33. The standard InChI is InChI=1S/C20H18N2O2/c21-17-8-6-16(7-9-17)20(23)22-18-10-12-19(13-11-18)24-14-15-4-2-1-3-5-15/h1-13H,14,21H2,(H,22,23). The summed E-state index contributed by atoms with van der Waals surface area (Å²) in [5.74, 6) is 0.581. The van der Waals surface area contributed by atoms with Crippen molar-refractivity contribution in [3.63, 3.8) is 0 Å². The number of ether oxygens (including phenoxy) is 1. The molecule has 0 aliphatic carbocycles. The van der Waals surface area contributed by atoms with Crippen LogP contribution in [0.5, 0.6) is 5.75 Å². The van der Waals surface area contributed by atoms with E-state index in [0.29, 0.717) is 23.5 Å². The Balaban J connectivity index is 1.58. The molecule has 0 fully saturated rings. The molecule has 0 heterocycles. The van der Waals surface area contributed by atoms with Crippen LogP contribution >= 0.6 is 0 Å². The molecule has 0 bridgehead atoms. The SMILES string of the molecule is Nc1ccc(C(=O)Nc2ccc(OCc3ccccc3)cc2)cc1. The topological polar surface area (TPSA) is 64.4 Å². The summed E-state index contributed by atoms with van der Waals surface area (Å²) < 4.78 is 5.72. The third kappa shape index (κ3) is 4.14. The van der Waals surface area contributed by atoms with Gasteiger partial charge >= 0.3 is 0 Å². The summed E-state index contributed by atoms with van der Waals surface area (Å²) >= 11 is 0. The first-order valence-electron chi connectivity index (χ1n) is 7.64. The number of anilines is 2. The van der Waals surface area contributed by atoms with E-state index in [1.54, 1.807) is 24.3 Å². The first-order valence-corrected chi connectivity index (χ1v) is 7.64. The van der Waals surface area contributed by atoms with Crippen molar-refractivity contribution in [1.82, 2.24) is 0 Å². The number of nitrogens with two attached hydrogens (primary N) is 1. The van der Waals surface area contributed by atoms with Crippen LogP contribution in [0.1, 0.15) is 15.9 Å². The summed E-state index contributed by atoms with van der Waals surface area (Å²) in [7, 11) is 0. The van der Waals surface area contributed by atoms with Gasteiger partial charge in [-0.15, -0.1) is 0 Å². The summed E-state index contributed by atoms with van der Waals surface area (Å²) in [4.78, 5) is 12.1. The van der Waals surface area contributed by atoms with Crippen LogP contribution in [-0.4, -0.2) is 5.91 Å². The minimum Gasteiger partial charge on any atom is -0.489 e. The number of nitrogens with one attached hydrogen (secondary N) is 1. The van der Waals surface area contributed by atoms with E-state index in [1.807, 2.05) is 54.6 Å². The van der Waals surface area contributed by atoms with Gasteiger partial charge in [0.05, 0.1) is 0 Å². The molecule has 0 atom stereocenters. The van der Waals surface area contributed by atoms with E-state index in [1.165, 1.54) is 0 Å². The lowest BCUT2D eigenvalue weighted by Gasteiger charge is -2.09. The lowest BCUT2D eigenvalue weighted by Crippen LogP contribution is -2.11. The van der Waals surface area contributed by atoms with Crippen LogP contribution in [0, 0.1) is 0 Å². The van der Waals surface area contributed by atoms with Crippen LogP contribution < -0.4 is 15.8 Å². The van der Waals surface area contributed by atoms with Gasteiger partial charge in [0.15, 0.2) is 0 Å². The predicted molar refractivity (Wildman–Crippen MR) is 96.0 cm³/mol. The van der Waals surface area contributed by atoms with E-state index in [-0.39, 0.29) is 5.91 Å². The lowest BCUT2D eigenvalue weighted by molar-refractivity contribution is 0.102. The molecule has 0 spiro atoms. The largest absolute Gasteiger partial charge is 0.489 e. The molecule has 0 saturated carbocycles. The zero-order valence-corrected chi connectivity index (χ0v) is 13.1. The third-order valence-corrected chi connectivity index (χ3v) is 3.53. The highest BCUT2D eigenvalue weighted by Gasteiger charge is 2.05. The minimum atomic E-state index is -0.173. The van der Waals surface area contributed by atoms with Crippen LogP contribution in [0.3, 0.4) is 0 Å². The van der Waals surface area contributed by atoms with Gasteiger partial charge in [-0.2, -0.15) is 0 Å². The van der Waals surface area contributed by atoms with E-state index in [0.717, 1.165) is 11.3 Å². The fourth-order valence-electron chi connectivity index (χ4n) is 2.21. The third-order valence-electron chi connectivity index (χ3n) is 3.53. The van der Waals surface area contributed by atoms with Gasteiger partial charge in [0, 0.05) is 16.9 Å². The first kappa shape index (κ1) is 15.6. The van der Waals surface area contributed by atoms with Crippen LogP contribution in [0.2, 0.25) is 0 Å². The maximum absolute atomic E-state index is 12.1. The Morgan fingerprint density at radius 3 is 2.21 bits per heavy atom. The predicted octanol–water partition coefficient (Wildman–Crippen LogP) is 4.10. The van der Waals surface area contributed by atoms with Crippen molar-refractivity contribution in [3.05, 3.63) is 90.0 Å². The number of nitrogen functional groups attached to an aromatic ring is 1. The normalized spacial score (nSPS) is 10.2. The Bertz CT molecular complexity index is 797. The van der Waals surface area contributed by atoms with E-state index < -0.39 is 0 Å². The fourth-order valence-corrected chi connectivity index (χ4v) is 2.21. The molecule has 3 aromatic rings. The molecule has 3 rings (SSSR count). The Morgan fingerprint density at radius 2 is 1.54 bits per heavy atom. The summed E-state index contributed by atoms with van der Waals surface area (Å²) in [6.45, 7) is 0.512. The van der Waals surface area contributed by atoms with E-state index >= 15 is 0 Å². The van der Waals surface area contributed by atoms with Crippen LogP contribution in [0.15, 0.2) is 78.9 Å². The number of carbonyl (C=O) groups excluding carboxylic acids is 1. The van der Waals surface area contributed by atoms with Gasteiger partial charge in [0.25, 0.3) is 5.91 Å². The maximum atomic E-state index is 12.1. The molecule has 4 nitrogen and oxygen atoms in total. The van der Waals surface area contributed by atoms with Gasteiger partial charge in [0.1, 0.15) is 12.4 Å². The van der Waals surface area contributed by atoms with Crippen molar-refractivity contribution >= 4 is 17.3 Å². The van der Waals surface area contributed by atoms with E-state index in [2.05, 4.69) is 5.32 Å². The zero-order valence-electron chi connectivity index (χ0n) is 13.1. The summed E-state index contributed by atoms with van der Waals surface area (Å²) in [6, 6.07) is 24.1. The van der Waals surface area contributed by atoms with Crippen LogP contribution in [0.25, 0.3) is 0 Å². The van der Waals surface area contributed by atoms with E-state index in [4.69, 9.17) is 10.5 Å². The second-order valence-corrected chi connectivity index (χ2v) is 5.37. The van der Waals surface area contributed by atoms with Crippen LogP contribution in [-0.2, 0) is 6.61 Å². The van der Waals surface area contributed by atoms with Crippen molar-refractivity contribution in [3.8, 4) is 5.75 Å². The Labute approximate surface area is 140 Å². The molecule has 120 valence electrons. The average molecular weight is 318 g/mol. The smallest absolute Gasteiger partial charge is 0.255 e. The lowest BCUT2D eigenvalue weighted by atomic mass is 10.2. The monoisotopic (exact) mass is 318 g/mol. The molecule has 0 aliphatic heterocycles. The molecule has 3 N–H and O–H groups in total. The summed E-state index contributed by atoms with van der Waals surface area (Å²) in [5, 5.41) is 2.84. The van der Waals surface area contributed by atoms with Gasteiger partial charge in [-0.05, 0) is 54.1 Å². The number of hydrogen-bond donors (Lipinski definition) is 2. The number of carbonyl (C=O) groups is 1. The molecule has 0 aromatic heterocycles. The maximum Gasteiger partial charge on any atom is 0.255 e. The molecular formula is C20H18N2O2. The highest BCUT2D eigenvalue weighted by molar-refractivity contribution is 6.04. The molecule has 4 heteroatoms. The molecule has 24 heavy (non-hydrogen) atoms. The highest BCUT2D eigenvalue weighted by Crippen LogP contribution is 2.18.